The van der Waals surface area contributed by atoms with Gasteiger partial charge in [0.15, 0.2) is 0 Å². The molecule has 6 heteroatoms. The number of nitriles is 1. The molecule has 0 fully saturated rings. The van der Waals surface area contributed by atoms with Crippen molar-refractivity contribution in [3.63, 3.8) is 0 Å². The molecule has 0 aliphatic carbocycles. The van der Waals surface area contributed by atoms with E-state index in [1.165, 1.54) is 0 Å². The number of carbonyl (C=O) groups is 2. The summed E-state index contributed by atoms with van der Waals surface area (Å²) in [6.07, 6.45) is -0.267. The van der Waals surface area contributed by atoms with Gasteiger partial charge in [-0.3, -0.25) is 4.79 Å². The van der Waals surface area contributed by atoms with Crippen LogP contribution in [0.3, 0.4) is 0 Å². The minimum atomic E-state index is -0.551. The summed E-state index contributed by atoms with van der Waals surface area (Å²) in [7, 11) is 0. The Hall–Kier alpha value is -1.77. The van der Waals surface area contributed by atoms with Gasteiger partial charge in [0.2, 0.25) is 0 Å². The van der Waals surface area contributed by atoms with Crippen LogP contribution in [0.1, 0.15) is 33.6 Å². The Morgan fingerprint density at radius 1 is 1.35 bits per heavy atom. The summed E-state index contributed by atoms with van der Waals surface area (Å²) >= 11 is 0. The van der Waals surface area contributed by atoms with E-state index in [0.717, 1.165) is 0 Å². The fourth-order valence-corrected chi connectivity index (χ4v) is 0.878. The Bertz CT molecular complexity index is 302. The molecule has 0 bridgehead atoms. The van der Waals surface area contributed by atoms with Crippen molar-refractivity contribution in [2.24, 2.45) is 0 Å². The van der Waals surface area contributed by atoms with Gasteiger partial charge in [-0.05, 0) is 27.2 Å². The molecule has 1 amide bonds. The van der Waals surface area contributed by atoms with Gasteiger partial charge in [0, 0.05) is 6.54 Å². The third-order valence-electron chi connectivity index (χ3n) is 1.48. The molecule has 17 heavy (non-hydrogen) atoms. The highest BCUT2D eigenvalue weighted by Crippen LogP contribution is 2.06. The summed E-state index contributed by atoms with van der Waals surface area (Å²) < 4.78 is 9.71. The lowest BCUT2D eigenvalue weighted by atomic mass is 10.2. The first-order valence-electron chi connectivity index (χ1n) is 5.34. The van der Waals surface area contributed by atoms with E-state index in [1.807, 2.05) is 0 Å². The highest BCUT2D eigenvalue weighted by molar-refractivity contribution is 5.71. The lowest BCUT2D eigenvalue weighted by Gasteiger charge is -2.19. The van der Waals surface area contributed by atoms with Crippen molar-refractivity contribution in [3.05, 3.63) is 0 Å². The van der Waals surface area contributed by atoms with E-state index >= 15 is 0 Å². The summed E-state index contributed by atoms with van der Waals surface area (Å²) in [5, 5.41) is 10.7. The maximum Gasteiger partial charge on any atom is 0.407 e. The SMILES string of the molecule is CC(C)(C)OC(=O)NCCCOC(=O)CC#N. The Labute approximate surface area is 101 Å². The minimum Gasteiger partial charge on any atom is -0.465 e. The van der Waals surface area contributed by atoms with Crippen LogP contribution in [0.15, 0.2) is 0 Å². The number of ether oxygens (including phenoxy) is 2. The highest BCUT2D eigenvalue weighted by atomic mass is 16.6. The number of amides is 1. The second kappa shape index (κ2) is 7.49. The number of esters is 1. The Kier molecular flexibility index (Phi) is 6.71. The fourth-order valence-electron chi connectivity index (χ4n) is 0.878. The molecule has 0 aromatic rings. The van der Waals surface area contributed by atoms with Crippen molar-refractivity contribution < 1.29 is 19.1 Å². The van der Waals surface area contributed by atoms with Gasteiger partial charge in [0.1, 0.15) is 12.0 Å². The van der Waals surface area contributed by atoms with E-state index in [0.29, 0.717) is 13.0 Å². The van der Waals surface area contributed by atoms with Crippen molar-refractivity contribution in [1.29, 1.82) is 5.26 Å². The molecular formula is C11H18N2O4. The Morgan fingerprint density at radius 3 is 2.53 bits per heavy atom. The standard InChI is InChI=1S/C11H18N2O4/c1-11(2,3)17-10(15)13-7-4-8-16-9(14)5-6-12/h4-5,7-8H2,1-3H3,(H,13,15). The number of carbonyl (C=O) groups excluding carboxylic acids is 2. The molecule has 0 unspecified atom stereocenters. The molecule has 0 aromatic heterocycles. The molecule has 0 rings (SSSR count). The number of nitrogens with zero attached hydrogens (tertiary/aromatic N) is 1. The smallest absolute Gasteiger partial charge is 0.407 e. The maximum atomic E-state index is 11.2. The number of hydrogen-bond donors (Lipinski definition) is 1. The zero-order chi connectivity index (χ0) is 13.3. The monoisotopic (exact) mass is 242 g/mol. The minimum absolute atomic E-state index is 0.177. The summed E-state index contributed by atoms with van der Waals surface area (Å²) in [4.78, 5) is 21.9. The molecule has 0 atom stereocenters. The van der Waals surface area contributed by atoms with Gasteiger partial charge in [-0.15, -0.1) is 0 Å². The van der Waals surface area contributed by atoms with E-state index in [9.17, 15) is 9.59 Å². The normalized spacial score (nSPS) is 10.2. The lowest BCUT2D eigenvalue weighted by Crippen LogP contribution is -2.33. The predicted octanol–water partition coefficient (Wildman–Crippen LogP) is 1.36. The summed E-state index contributed by atoms with van der Waals surface area (Å²) in [5.74, 6) is -0.551. The first kappa shape index (κ1) is 15.2. The average Bonchev–Trinajstić information content (AvgIpc) is 2.14. The summed E-state index contributed by atoms with van der Waals surface area (Å²) in [5.41, 5.74) is -0.524. The number of hydrogen-bond acceptors (Lipinski definition) is 5. The van der Waals surface area contributed by atoms with E-state index in [-0.39, 0.29) is 13.0 Å². The van der Waals surface area contributed by atoms with Gasteiger partial charge >= 0.3 is 12.1 Å². The second-order valence-electron chi connectivity index (χ2n) is 4.34. The largest absolute Gasteiger partial charge is 0.465 e. The van der Waals surface area contributed by atoms with Gasteiger partial charge in [-0.2, -0.15) is 5.26 Å². The molecular weight excluding hydrogens is 224 g/mol. The van der Waals surface area contributed by atoms with Gasteiger partial charge in [0.25, 0.3) is 0 Å². The molecule has 96 valence electrons. The van der Waals surface area contributed by atoms with Gasteiger partial charge < -0.3 is 14.8 Å². The molecule has 0 aromatic carbocycles. The van der Waals surface area contributed by atoms with E-state index in [2.05, 4.69) is 5.32 Å². The van der Waals surface area contributed by atoms with Crippen LogP contribution in [0.2, 0.25) is 0 Å². The van der Waals surface area contributed by atoms with Crippen LogP contribution in [-0.2, 0) is 14.3 Å². The molecule has 0 heterocycles. The van der Waals surface area contributed by atoms with Crippen LogP contribution in [-0.4, -0.2) is 30.8 Å². The van der Waals surface area contributed by atoms with E-state index in [4.69, 9.17) is 14.7 Å². The zero-order valence-corrected chi connectivity index (χ0v) is 10.4. The van der Waals surface area contributed by atoms with E-state index < -0.39 is 17.7 Å². The van der Waals surface area contributed by atoms with Crippen LogP contribution < -0.4 is 5.32 Å². The van der Waals surface area contributed by atoms with Gasteiger partial charge in [-0.1, -0.05) is 0 Å². The summed E-state index contributed by atoms with van der Waals surface area (Å²) in [6.45, 7) is 5.85. The van der Waals surface area contributed by atoms with Crippen LogP contribution in [0, 0.1) is 11.3 Å². The predicted molar refractivity (Wildman–Crippen MR) is 60.0 cm³/mol. The molecule has 1 N–H and O–H groups in total. The van der Waals surface area contributed by atoms with Crippen LogP contribution in [0.4, 0.5) is 4.79 Å². The number of nitrogens with one attached hydrogen (secondary N) is 1. The third-order valence-corrected chi connectivity index (χ3v) is 1.48. The topological polar surface area (TPSA) is 88.4 Å². The molecule has 6 nitrogen and oxygen atoms in total. The highest BCUT2D eigenvalue weighted by Gasteiger charge is 2.15. The number of alkyl carbamates (subject to hydrolysis) is 1. The lowest BCUT2D eigenvalue weighted by molar-refractivity contribution is -0.142. The molecule has 0 radical (unpaired) electrons. The zero-order valence-electron chi connectivity index (χ0n) is 10.4. The Balaban J connectivity index is 3.50. The van der Waals surface area contributed by atoms with Crippen molar-refractivity contribution in [2.75, 3.05) is 13.2 Å². The molecule has 0 aliphatic heterocycles. The van der Waals surface area contributed by atoms with Crippen LogP contribution in [0.5, 0.6) is 0 Å². The van der Waals surface area contributed by atoms with Crippen molar-refractivity contribution in [3.8, 4) is 6.07 Å². The van der Waals surface area contributed by atoms with Gasteiger partial charge in [-0.25, -0.2) is 4.79 Å². The second-order valence-corrected chi connectivity index (χ2v) is 4.34. The van der Waals surface area contributed by atoms with Crippen LogP contribution in [0.25, 0.3) is 0 Å². The van der Waals surface area contributed by atoms with Crippen molar-refractivity contribution in [1.82, 2.24) is 5.32 Å². The molecule has 0 spiro atoms. The molecule has 0 saturated heterocycles. The summed E-state index contributed by atoms with van der Waals surface area (Å²) in [6, 6.07) is 1.69. The Morgan fingerprint density at radius 2 is 2.00 bits per heavy atom. The maximum absolute atomic E-state index is 11.2. The van der Waals surface area contributed by atoms with Crippen molar-refractivity contribution in [2.45, 2.75) is 39.2 Å². The van der Waals surface area contributed by atoms with Gasteiger partial charge in [0.05, 0.1) is 12.7 Å². The molecule has 0 aliphatic rings. The quantitative estimate of drug-likeness (QED) is 0.580. The van der Waals surface area contributed by atoms with E-state index in [1.54, 1.807) is 26.8 Å². The fraction of sp³-hybridized carbons (Fsp3) is 0.727. The third kappa shape index (κ3) is 10.5. The first-order chi connectivity index (χ1) is 7.85. The number of rotatable bonds is 5. The average molecular weight is 242 g/mol. The van der Waals surface area contributed by atoms with Crippen molar-refractivity contribution >= 4 is 12.1 Å². The van der Waals surface area contributed by atoms with Crippen LogP contribution >= 0.6 is 0 Å². The molecule has 0 saturated carbocycles. The first-order valence-corrected chi connectivity index (χ1v) is 5.34.